The van der Waals surface area contributed by atoms with Gasteiger partial charge in [-0.15, -0.1) is 0 Å². The Morgan fingerprint density at radius 1 is 1.50 bits per heavy atom. The Kier molecular flexibility index (Phi) is 2.09. The Morgan fingerprint density at radius 3 is 2.64 bits per heavy atom. The molecular formula is C12H12N2. The fourth-order valence-electron chi connectivity index (χ4n) is 1.50. The van der Waals surface area contributed by atoms with E-state index in [-0.39, 0.29) is 0 Å². The molecule has 2 nitrogen and oxygen atoms in total. The SMILES string of the molecule is C[C@H]1C[C@]1(C#N)N=Cc1ccccc1. The topological polar surface area (TPSA) is 36.1 Å². The van der Waals surface area contributed by atoms with Crippen molar-refractivity contribution in [3.63, 3.8) is 0 Å². The summed E-state index contributed by atoms with van der Waals surface area (Å²) < 4.78 is 0. The van der Waals surface area contributed by atoms with Gasteiger partial charge in [0, 0.05) is 6.21 Å². The predicted octanol–water partition coefficient (Wildman–Crippen LogP) is 2.41. The number of rotatable bonds is 2. The first kappa shape index (κ1) is 8.96. The zero-order valence-electron chi connectivity index (χ0n) is 8.14. The molecule has 1 fully saturated rings. The molecule has 14 heavy (non-hydrogen) atoms. The molecule has 0 N–H and O–H groups in total. The molecule has 0 aromatic heterocycles. The highest BCUT2D eigenvalue weighted by Gasteiger charge is 2.51. The van der Waals surface area contributed by atoms with Crippen LogP contribution in [0.15, 0.2) is 35.3 Å². The highest BCUT2D eigenvalue weighted by Crippen LogP contribution is 2.45. The van der Waals surface area contributed by atoms with Gasteiger partial charge in [-0.2, -0.15) is 5.26 Å². The van der Waals surface area contributed by atoms with Crippen molar-refractivity contribution in [2.75, 3.05) is 0 Å². The third-order valence-electron chi connectivity index (χ3n) is 2.71. The Balaban J connectivity index is 2.13. The molecule has 1 saturated carbocycles. The standard InChI is InChI=1S/C12H12N2/c1-10-7-12(10,9-13)14-8-11-5-3-2-4-6-11/h2-6,8,10H,7H2,1H3/t10-,12+/m0/s1. The summed E-state index contributed by atoms with van der Waals surface area (Å²) in [5.41, 5.74) is 0.636. The van der Waals surface area contributed by atoms with Crippen LogP contribution in [-0.4, -0.2) is 11.8 Å². The van der Waals surface area contributed by atoms with Crippen molar-refractivity contribution in [2.24, 2.45) is 10.9 Å². The molecular weight excluding hydrogens is 172 g/mol. The van der Waals surface area contributed by atoms with Crippen LogP contribution in [-0.2, 0) is 0 Å². The zero-order chi connectivity index (χ0) is 10.0. The van der Waals surface area contributed by atoms with Gasteiger partial charge >= 0.3 is 0 Å². The molecule has 1 aliphatic carbocycles. The van der Waals surface area contributed by atoms with E-state index >= 15 is 0 Å². The minimum Gasteiger partial charge on any atom is -0.270 e. The van der Waals surface area contributed by atoms with Crippen LogP contribution < -0.4 is 0 Å². The molecule has 0 saturated heterocycles. The highest BCUT2D eigenvalue weighted by atomic mass is 14.9. The summed E-state index contributed by atoms with van der Waals surface area (Å²) >= 11 is 0. The van der Waals surface area contributed by atoms with Gasteiger partial charge in [-0.3, -0.25) is 4.99 Å². The molecule has 0 unspecified atom stereocenters. The number of nitrogens with zero attached hydrogens (tertiary/aromatic N) is 2. The molecule has 0 radical (unpaired) electrons. The minimum atomic E-state index is -0.421. The first-order valence-electron chi connectivity index (χ1n) is 4.78. The van der Waals surface area contributed by atoms with Crippen molar-refractivity contribution >= 4 is 6.21 Å². The summed E-state index contributed by atoms with van der Waals surface area (Å²) in [6, 6.07) is 12.2. The predicted molar refractivity (Wildman–Crippen MR) is 56.2 cm³/mol. The zero-order valence-corrected chi connectivity index (χ0v) is 8.14. The van der Waals surface area contributed by atoms with E-state index in [9.17, 15) is 0 Å². The van der Waals surface area contributed by atoms with E-state index in [1.165, 1.54) is 0 Å². The fraction of sp³-hybridized carbons (Fsp3) is 0.333. The van der Waals surface area contributed by atoms with Crippen LogP contribution in [0.4, 0.5) is 0 Å². The summed E-state index contributed by atoms with van der Waals surface area (Å²) in [6.07, 6.45) is 2.69. The van der Waals surface area contributed by atoms with E-state index in [0.29, 0.717) is 5.92 Å². The Labute approximate surface area is 83.9 Å². The summed E-state index contributed by atoms with van der Waals surface area (Å²) in [4.78, 5) is 4.35. The summed E-state index contributed by atoms with van der Waals surface area (Å²) in [5.74, 6) is 0.410. The van der Waals surface area contributed by atoms with Crippen LogP contribution in [0, 0.1) is 17.2 Å². The lowest BCUT2D eigenvalue weighted by atomic mass is 10.2. The van der Waals surface area contributed by atoms with Gasteiger partial charge in [0.25, 0.3) is 0 Å². The molecule has 2 rings (SSSR count). The maximum absolute atomic E-state index is 8.94. The van der Waals surface area contributed by atoms with E-state index in [4.69, 9.17) is 5.26 Å². The van der Waals surface area contributed by atoms with Crippen LogP contribution in [0.5, 0.6) is 0 Å². The second-order valence-electron chi connectivity index (χ2n) is 3.81. The van der Waals surface area contributed by atoms with Gasteiger partial charge < -0.3 is 0 Å². The molecule has 0 bridgehead atoms. The van der Waals surface area contributed by atoms with E-state index in [1.54, 1.807) is 6.21 Å². The fourth-order valence-corrected chi connectivity index (χ4v) is 1.50. The number of nitriles is 1. The summed E-state index contributed by atoms with van der Waals surface area (Å²) in [5, 5.41) is 8.94. The third-order valence-corrected chi connectivity index (χ3v) is 2.71. The number of hydrogen-bond donors (Lipinski definition) is 0. The van der Waals surface area contributed by atoms with Crippen molar-refractivity contribution in [3.8, 4) is 6.07 Å². The van der Waals surface area contributed by atoms with Crippen molar-refractivity contribution in [2.45, 2.75) is 18.9 Å². The molecule has 2 heteroatoms. The van der Waals surface area contributed by atoms with E-state index in [1.807, 2.05) is 30.3 Å². The van der Waals surface area contributed by atoms with Crippen LogP contribution >= 0.6 is 0 Å². The van der Waals surface area contributed by atoms with Crippen LogP contribution in [0.2, 0.25) is 0 Å². The maximum Gasteiger partial charge on any atom is 0.149 e. The van der Waals surface area contributed by atoms with E-state index in [2.05, 4.69) is 18.0 Å². The summed E-state index contributed by atoms with van der Waals surface area (Å²) in [7, 11) is 0. The monoisotopic (exact) mass is 184 g/mol. The number of hydrogen-bond acceptors (Lipinski definition) is 2. The lowest BCUT2D eigenvalue weighted by molar-refractivity contribution is 0.777. The number of aliphatic imine (C=N–C) groups is 1. The van der Waals surface area contributed by atoms with Crippen molar-refractivity contribution < 1.29 is 0 Å². The third kappa shape index (κ3) is 1.54. The van der Waals surface area contributed by atoms with Gasteiger partial charge in [-0.1, -0.05) is 37.3 Å². The molecule has 70 valence electrons. The number of benzene rings is 1. The van der Waals surface area contributed by atoms with Gasteiger partial charge in [0.05, 0.1) is 6.07 Å². The first-order valence-corrected chi connectivity index (χ1v) is 4.78. The Bertz CT molecular complexity index is 389. The minimum absolute atomic E-state index is 0.410. The average molecular weight is 184 g/mol. The molecule has 0 aliphatic heterocycles. The molecule has 1 aliphatic rings. The Hall–Kier alpha value is -1.62. The lowest BCUT2D eigenvalue weighted by Crippen LogP contribution is -2.03. The van der Waals surface area contributed by atoms with Gasteiger partial charge in [-0.25, -0.2) is 0 Å². The maximum atomic E-state index is 8.94. The van der Waals surface area contributed by atoms with Gasteiger partial charge in [-0.05, 0) is 17.9 Å². The van der Waals surface area contributed by atoms with Crippen molar-refractivity contribution in [3.05, 3.63) is 35.9 Å². The van der Waals surface area contributed by atoms with Gasteiger partial charge in [0.1, 0.15) is 5.54 Å². The van der Waals surface area contributed by atoms with Crippen LogP contribution in [0.1, 0.15) is 18.9 Å². The smallest absolute Gasteiger partial charge is 0.149 e. The molecule has 0 spiro atoms. The molecule has 0 amide bonds. The van der Waals surface area contributed by atoms with Crippen molar-refractivity contribution in [1.29, 1.82) is 5.26 Å². The highest BCUT2D eigenvalue weighted by molar-refractivity contribution is 5.80. The second-order valence-corrected chi connectivity index (χ2v) is 3.81. The summed E-state index contributed by atoms with van der Waals surface area (Å²) in [6.45, 7) is 2.06. The van der Waals surface area contributed by atoms with Crippen LogP contribution in [0.3, 0.4) is 0 Å². The van der Waals surface area contributed by atoms with Crippen LogP contribution in [0.25, 0.3) is 0 Å². The normalized spacial score (nSPS) is 30.1. The first-order chi connectivity index (χ1) is 6.77. The molecule has 2 atom stereocenters. The second kappa shape index (κ2) is 3.26. The lowest BCUT2D eigenvalue weighted by Gasteiger charge is -1.97. The largest absolute Gasteiger partial charge is 0.270 e. The van der Waals surface area contributed by atoms with E-state index < -0.39 is 5.54 Å². The Morgan fingerprint density at radius 2 is 2.14 bits per heavy atom. The molecule has 1 aromatic carbocycles. The van der Waals surface area contributed by atoms with E-state index in [0.717, 1.165) is 12.0 Å². The average Bonchev–Trinajstić information content (AvgIpc) is 2.89. The van der Waals surface area contributed by atoms with Gasteiger partial charge in [0.2, 0.25) is 0 Å². The molecule has 0 heterocycles. The van der Waals surface area contributed by atoms with Gasteiger partial charge in [0.15, 0.2) is 0 Å². The van der Waals surface area contributed by atoms with Crippen molar-refractivity contribution in [1.82, 2.24) is 0 Å². The molecule has 1 aromatic rings. The quantitative estimate of drug-likeness (QED) is 0.650.